The van der Waals surface area contributed by atoms with Crippen LogP contribution in [0.3, 0.4) is 0 Å². The third kappa shape index (κ3) is 6.94. The molecule has 0 aliphatic rings. The topological polar surface area (TPSA) is 36.9 Å². The molecule has 0 aromatic heterocycles. The average molecular weight is 366 g/mol. The lowest BCUT2D eigenvalue weighted by atomic mass is 10.1. The molecular weight excluding hydrogens is 328 g/mol. The van der Waals surface area contributed by atoms with Crippen molar-refractivity contribution in [2.75, 3.05) is 21.3 Å². The van der Waals surface area contributed by atoms with Gasteiger partial charge in [0, 0.05) is 26.5 Å². The molecule has 1 radical (unpaired) electrons. The lowest BCUT2D eigenvalue weighted by Crippen LogP contribution is -2.58. The minimum Gasteiger partial charge on any atom is -0.455 e. The van der Waals surface area contributed by atoms with Gasteiger partial charge in [-0.2, -0.15) is 0 Å². The zero-order valence-corrected chi connectivity index (χ0v) is 19.0. The van der Waals surface area contributed by atoms with Crippen LogP contribution in [0, 0.1) is 0 Å². The minimum atomic E-state index is -2.66. The Kier molecular flexibility index (Phi) is 11.4. The highest BCUT2D eigenvalue weighted by atomic mass is 28.5. The fourth-order valence-electron chi connectivity index (χ4n) is 3.18. The van der Waals surface area contributed by atoms with Crippen LogP contribution in [0.25, 0.3) is 0 Å². The van der Waals surface area contributed by atoms with E-state index >= 15 is 0 Å². The number of rotatable bonds is 13. The molecule has 0 rings (SSSR count). The van der Waals surface area contributed by atoms with Crippen LogP contribution in [-0.2, 0) is 17.4 Å². The maximum atomic E-state index is 6.42. The van der Waals surface area contributed by atoms with Crippen LogP contribution >= 0.6 is 0 Å². The molecule has 0 spiro atoms. The normalized spacial score (nSPS) is 14.6. The maximum Gasteiger partial charge on any atom is 0.502 e. The molecule has 1 unspecified atom stereocenters. The van der Waals surface area contributed by atoms with E-state index in [-0.39, 0.29) is 0 Å². The van der Waals surface area contributed by atoms with Gasteiger partial charge < -0.3 is 17.4 Å². The Bertz CT molecular complexity index is 276. The molecular formula is C15H37O4Si3. The first-order valence-corrected chi connectivity index (χ1v) is 15.6. The largest absolute Gasteiger partial charge is 0.502 e. The molecule has 0 amide bonds. The van der Waals surface area contributed by atoms with E-state index in [0.717, 1.165) is 6.42 Å². The van der Waals surface area contributed by atoms with Gasteiger partial charge in [-0.3, -0.25) is 0 Å². The lowest BCUT2D eigenvalue weighted by molar-refractivity contribution is 0.116. The minimum absolute atomic E-state index is 0.293. The molecule has 0 fully saturated rings. The summed E-state index contributed by atoms with van der Waals surface area (Å²) in [6, 6.07) is 0. The second-order valence-electron chi connectivity index (χ2n) is 6.59. The van der Waals surface area contributed by atoms with Crippen molar-refractivity contribution in [3.63, 3.8) is 0 Å². The fraction of sp³-hybridized carbons (Fsp3) is 1.00. The molecule has 0 aromatic rings. The Balaban J connectivity index is 5.04. The molecule has 133 valence electrons. The molecule has 0 saturated heterocycles. The molecule has 4 nitrogen and oxygen atoms in total. The van der Waals surface area contributed by atoms with Gasteiger partial charge >= 0.3 is 8.80 Å². The van der Waals surface area contributed by atoms with Gasteiger partial charge in [0.25, 0.3) is 0 Å². The smallest absolute Gasteiger partial charge is 0.455 e. The summed E-state index contributed by atoms with van der Waals surface area (Å²) in [5.41, 5.74) is 0. The van der Waals surface area contributed by atoms with Gasteiger partial charge in [-0.05, 0) is 32.6 Å². The first-order chi connectivity index (χ1) is 10.3. The van der Waals surface area contributed by atoms with E-state index in [4.69, 9.17) is 17.4 Å². The number of unbranched alkanes of at least 4 members (excludes halogenated alkanes) is 4. The molecule has 0 saturated carbocycles. The molecule has 0 heterocycles. The molecule has 7 heteroatoms. The van der Waals surface area contributed by atoms with Gasteiger partial charge in [0.1, 0.15) is 0 Å². The van der Waals surface area contributed by atoms with Crippen molar-refractivity contribution in [3.05, 3.63) is 0 Å². The van der Waals surface area contributed by atoms with Crippen molar-refractivity contribution >= 4 is 26.2 Å². The van der Waals surface area contributed by atoms with Crippen LogP contribution in [0.15, 0.2) is 0 Å². The highest BCUT2D eigenvalue weighted by Crippen LogP contribution is 2.39. The fourth-order valence-corrected chi connectivity index (χ4v) is 15.8. The summed E-state index contributed by atoms with van der Waals surface area (Å²) in [6.45, 7) is 11.2. The highest BCUT2D eigenvalue weighted by Gasteiger charge is 2.55. The van der Waals surface area contributed by atoms with E-state index in [1.165, 1.54) is 32.1 Å². The molecule has 0 aliphatic heterocycles. The summed E-state index contributed by atoms with van der Waals surface area (Å²) in [6.07, 6.45) is 7.46. The molecule has 0 bridgehead atoms. The van der Waals surface area contributed by atoms with Crippen LogP contribution < -0.4 is 0 Å². The van der Waals surface area contributed by atoms with Crippen LogP contribution in [0.5, 0.6) is 0 Å². The Labute approximate surface area is 142 Å². The molecule has 22 heavy (non-hydrogen) atoms. The van der Waals surface area contributed by atoms with Crippen molar-refractivity contribution in [1.29, 1.82) is 0 Å². The van der Waals surface area contributed by atoms with Crippen LogP contribution in [-0.4, -0.2) is 47.5 Å². The van der Waals surface area contributed by atoms with E-state index in [0.29, 0.717) is 5.16 Å². The van der Waals surface area contributed by atoms with E-state index in [1.807, 2.05) is 0 Å². The standard InChI is InChI=1S/C15H37O4Si3/c1-9-10-11-12-13-14-15(21(7,8)19-20(5)6)22(16-2,17-3)18-4/h15H,9-14H2,1-8H3. The van der Waals surface area contributed by atoms with Crippen LogP contribution in [0.2, 0.25) is 31.4 Å². The van der Waals surface area contributed by atoms with Crippen molar-refractivity contribution in [2.24, 2.45) is 0 Å². The van der Waals surface area contributed by atoms with Gasteiger partial charge in [0.05, 0.1) is 0 Å². The monoisotopic (exact) mass is 365 g/mol. The summed E-state index contributed by atoms with van der Waals surface area (Å²) >= 11 is 0. The van der Waals surface area contributed by atoms with E-state index in [2.05, 4.69) is 33.1 Å². The molecule has 0 N–H and O–H groups in total. The summed E-state index contributed by atoms with van der Waals surface area (Å²) < 4.78 is 23.8. The predicted molar refractivity (Wildman–Crippen MR) is 100.0 cm³/mol. The van der Waals surface area contributed by atoms with Gasteiger partial charge in [0.2, 0.25) is 0 Å². The Morgan fingerprint density at radius 3 is 1.77 bits per heavy atom. The van der Waals surface area contributed by atoms with Gasteiger partial charge in [-0.25, -0.2) is 0 Å². The first-order valence-electron chi connectivity index (χ1n) is 8.44. The SMILES string of the molecule is CCCCCCCC([Si](C)(C)O[Si](C)C)[Si](OC)(OC)OC. The van der Waals surface area contributed by atoms with Gasteiger partial charge in [0.15, 0.2) is 17.4 Å². The van der Waals surface area contributed by atoms with E-state index in [9.17, 15) is 0 Å². The summed E-state index contributed by atoms with van der Waals surface area (Å²) in [4.78, 5) is 0. The van der Waals surface area contributed by atoms with E-state index in [1.54, 1.807) is 21.3 Å². The quantitative estimate of drug-likeness (QED) is 0.353. The third-order valence-corrected chi connectivity index (χ3v) is 15.9. The maximum absolute atomic E-state index is 6.42. The highest BCUT2D eigenvalue weighted by molar-refractivity contribution is 6.90. The van der Waals surface area contributed by atoms with Gasteiger partial charge in [-0.1, -0.05) is 39.0 Å². The predicted octanol–water partition coefficient (Wildman–Crippen LogP) is 4.61. The van der Waals surface area contributed by atoms with Crippen LogP contribution in [0.4, 0.5) is 0 Å². The zero-order chi connectivity index (χ0) is 17.2. The van der Waals surface area contributed by atoms with Crippen LogP contribution in [0.1, 0.15) is 45.4 Å². The van der Waals surface area contributed by atoms with Crippen molar-refractivity contribution in [1.82, 2.24) is 0 Å². The third-order valence-electron chi connectivity index (χ3n) is 4.18. The van der Waals surface area contributed by atoms with Crippen molar-refractivity contribution < 1.29 is 17.4 Å². The number of hydrogen-bond acceptors (Lipinski definition) is 4. The Morgan fingerprint density at radius 1 is 0.864 bits per heavy atom. The number of hydrogen-bond donors (Lipinski definition) is 0. The molecule has 0 aliphatic carbocycles. The first kappa shape index (κ1) is 22.5. The summed E-state index contributed by atoms with van der Waals surface area (Å²) in [5, 5.41) is 0.293. The van der Waals surface area contributed by atoms with Crippen molar-refractivity contribution in [3.8, 4) is 0 Å². The summed E-state index contributed by atoms with van der Waals surface area (Å²) in [7, 11) is -0.177. The van der Waals surface area contributed by atoms with Crippen molar-refractivity contribution in [2.45, 2.75) is 76.8 Å². The summed E-state index contributed by atoms with van der Waals surface area (Å²) in [5.74, 6) is 0. The van der Waals surface area contributed by atoms with Gasteiger partial charge in [-0.15, -0.1) is 0 Å². The Hall–Kier alpha value is 0.491. The molecule has 0 aromatic carbocycles. The average Bonchev–Trinajstić information content (AvgIpc) is 2.45. The second kappa shape index (κ2) is 11.1. The molecule has 1 atom stereocenters. The second-order valence-corrected chi connectivity index (χ2v) is 16.8. The van der Waals surface area contributed by atoms with E-state index < -0.39 is 26.2 Å². The Morgan fingerprint density at radius 2 is 1.36 bits per heavy atom. The zero-order valence-electron chi connectivity index (χ0n) is 16.0. The lowest BCUT2D eigenvalue weighted by Gasteiger charge is -2.41.